The number of fused-ring (bicyclic) bond motifs is 1. The maximum atomic E-state index is 11.1. The van der Waals surface area contributed by atoms with Crippen molar-refractivity contribution in [2.45, 2.75) is 64.0 Å². The summed E-state index contributed by atoms with van der Waals surface area (Å²) in [5.41, 5.74) is 8.02. The maximum absolute atomic E-state index is 11.1. The summed E-state index contributed by atoms with van der Waals surface area (Å²) in [5, 5.41) is 3.84. The molecule has 5 rings (SSSR count). The molecule has 2 aromatic carbocycles. The zero-order valence-corrected chi connectivity index (χ0v) is 18.0. The molecular formula is C27H30N2O2. The van der Waals surface area contributed by atoms with Gasteiger partial charge in [0.2, 0.25) is 0 Å². The van der Waals surface area contributed by atoms with Crippen LogP contribution in [0.15, 0.2) is 77.3 Å². The molecular weight excluding hydrogens is 384 g/mol. The van der Waals surface area contributed by atoms with Crippen LogP contribution in [0.2, 0.25) is 0 Å². The second-order valence-corrected chi connectivity index (χ2v) is 8.71. The predicted molar refractivity (Wildman–Crippen MR) is 123 cm³/mol. The molecule has 0 spiro atoms. The van der Waals surface area contributed by atoms with Crippen LogP contribution in [0.3, 0.4) is 0 Å². The molecule has 3 aliphatic rings. The molecule has 4 nitrogen and oxygen atoms in total. The summed E-state index contributed by atoms with van der Waals surface area (Å²) in [6, 6.07) is 19.7. The molecule has 0 amide bonds. The molecule has 0 fully saturated rings. The van der Waals surface area contributed by atoms with Crippen LogP contribution in [-0.2, 0) is 16.1 Å². The fourth-order valence-electron chi connectivity index (χ4n) is 5.35. The van der Waals surface area contributed by atoms with Gasteiger partial charge in [-0.05, 0) is 62.1 Å². The first-order valence-electron chi connectivity index (χ1n) is 11.6. The van der Waals surface area contributed by atoms with Gasteiger partial charge in [0.25, 0.3) is 6.47 Å². The Balaban J connectivity index is 1.56. The van der Waals surface area contributed by atoms with Crippen LogP contribution in [0.4, 0.5) is 5.69 Å². The Morgan fingerprint density at radius 3 is 2.52 bits per heavy atom. The summed E-state index contributed by atoms with van der Waals surface area (Å²) < 4.78 is 5.37. The van der Waals surface area contributed by atoms with E-state index >= 15 is 0 Å². The molecule has 2 aromatic rings. The first-order valence-corrected chi connectivity index (χ1v) is 11.6. The van der Waals surface area contributed by atoms with E-state index in [0.29, 0.717) is 6.47 Å². The fourth-order valence-corrected chi connectivity index (χ4v) is 5.35. The van der Waals surface area contributed by atoms with Crippen molar-refractivity contribution < 1.29 is 9.53 Å². The van der Waals surface area contributed by atoms with Crippen molar-refractivity contribution >= 4 is 12.2 Å². The minimum atomic E-state index is 0.150. The molecule has 0 radical (unpaired) electrons. The van der Waals surface area contributed by atoms with Crippen molar-refractivity contribution in [2.75, 3.05) is 4.90 Å². The van der Waals surface area contributed by atoms with Gasteiger partial charge in [0, 0.05) is 29.9 Å². The van der Waals surface area contributed by atoms with E-state index in [1.54, 1.807) is 0 Å². The van der Waals surface area contributed by atoms with Gasteiger partial charge in [-0.2, -0.15) is 0 Å². The number of hydrogen-bond acceptors (Lipinski definition) is 4. The minimum Gasteiger partial charge on any atom is -0.431 e. The van der Waals surface area contributed by atoms with E-state index in [0.717, 1.165) is 56.5 Å². The molecule has 1 N–H and O–H groups in total. The van der Waals surface area contributed by atoms with E-state index in [4.69, 9.17) is 4.74 Å². The van der Waals surface area contributed by atoms with Gasteiger partial charge in [0.05, 0.1) is 11.7 Å². The monoisotopic (exact) mass is 414 g/mol. The molecule has 0 bridgehead atoms. The average molecular weight is 415 g/mol. The quantitative estimate of drug-likeness (QED) is 0.578. The van der Waals surface area contributed by atoms with Crippen LogP contribution in [-0.4, -0.2) is 6.47 Å². The van der Waals surface area contributed by atoms with E-state index in [2.05, 4.69) is 64.8 Å². The molecule has 4 heteroatoms. The van der Waals surface area contributed by atoms with Gasteiger partial charge in [-0.1, -0.05) is 48.5 Å². The first kappa shape index (κ1) is 19.9. The van der Waals surface area contributed by atoms with E-state index < -0.39 is 0 Å². The van der Waals surface area contributed by atoms with Crippen LogP contribution < -0.4 is 10.2 Å². The molecule has 160 valence electrons. The van der Waals surface area contributed by atoms with Gasteiger partial charge >= 0.3 is 0 Å². The van der Waals surface area contributed by atoms with E-state index in [1.165, 1.54) is 40.9 Å². The number of carbonyl (C=O) groups excluding carboxylic acids is 1. The van der Waals surface area contributed by atoms with Crippen molar-refractivity contribution in [1.29, 1.82) is 0 Å². The van der Waals surface area contributed by atoms with E-state index in [9.17, 15) is 4.79 Å². The third-order valence-corrected chi connectivity index (χ3v) is 6.80. The highest BCUT2D eigenvalue weighted by molar-refractivity contribution is 5.66. The Labute approximate surface area is 184 Å². The van der Waals surface area contributed by atoms with Gasteiger partial charge in [0.15, 0.2) is 0 Å². The van der Waals surface area contributed by atoms with Crippen LogP contribution >= 0.6 is 0 Å². The summed E-state index contributed by atoms with van der Waals surface area (Å²) in [6.45, 7) is 1.47. The standard InChI is InChI=1S/C27H30N2O2/c30-19-31-26-17-9-6-14-23(26)28-27-21-12-4-7-15-24(21)29(18-20-10-2-1-3-11-20)25-16-8-5-13-22(25)27/h1-4,7,10-12,15,19,27-28H,5-6,8-9,13-14,16-18H2. The lowest BCUT2D eigenvalue weighted by Gasteiger charge is -2.43. The highest BCUT2D eigenvalue weighted by Gasteiger charge is 2.34. The van der Waals surface area contributed by atoms with Crippen molar-refractivity contribution in [1.82, 2.24) is 5.32 Å². The summed E-state index contributed by atoms with van der Waals surface area (Å²) in [6.07, 6.45) is 8.69. The predicted octanol–water partition coefficient (Wildman–Crippen LogP) is 6.12. The van der Waals surface area contributed by atoms with Crippen LogP contribution in [0.25, 0.3) is 0 Å². The molecule has 2 aliphatic carbocycles. The highest BCUT2D eigenvalue weighted by atomic mass is 16.5. The van der Waals surface area contributed by atoms with Gasteiger partial charge in [-0.3, -0.25) is 4.79 Å². The molecule has 1 heterocycles. The summed E-state index contributed by atoms with van der Waals surface area (Å²) in [5.74, 6) is 0.823. The van der Waals surface area contributed by atoms with Crippen molar-refractivity contribution in [3.05, 3.63) is 88.5 Å². The van der Waals surface area contributed by atoms with Crippen molar-refractivity contribution in [3.63, 3.8) is 0 Å². The summed E-state index contributed by atoms with van der Waals surface area (Å²) >= 11 is 0. The van der Waals surface area contributed by atoms with Gasteiger partial charge in [-0.25, -0.2) is 0 Å². The Morgan fingerprint density at radius 1 is 0.903 bits per heavy atom. The third kappa shape index (κ3) is 3.99. The van der Waals surface area contributed by atoms with Gasteiger partial charge in [-0.15, -0.1) is 0 Å². The number of allylic oxidation sites excluding steroid dienone is 3. The lowest BCUT2D eigenvalue weighted by atomic mass is 9.82. The average Bonchev–Trinajstić information content (AvgIpc) is 2.83. The minimum absolute atomic E-state index is 0.150. The van der Waals surface area contributed by atoms with Crippen LogP contribution in [0.1, 0.15) is 68.5 Å². The Bertz CT molecular complexity index is 1010. The second kappa shape index (κ2) is 9.01. The number of carbonyl (C=O) groups is 1. The fraction of sp³-hybridized carbons (Fsp3) is 0.370. The Morgan fingerprint density at radius 2 is 1.65 bits per heavy atom. The van der Waals surface area contributed by atoms with E-state index in [1.807, 2.05) is 0 Å². The number of ether oxygens (including phenoxy) is 1. The second-order valence-electron chi connectivity index (χ2n) is 8.71. The number of nitrogens with one attached hydrogen (secondary N) is 1. The zero-order valence-electron chi connectivity index (χ0n) is 18.0. The number of hydrogen-bond donors (Lipinski definition) is 1. The molecule has 1 atom stereocenters. The smallest absolute Gasteiger partial charge is 0.298 e. The molecule has 1 unspecified atom stereocenters. The normalized spacial score (nSPS) is 20.8. The van der Waals surface area contributed by atoms with Crippen LogP contribution in [0, 0.1) is 0 Å². The number of anilines is 1. The molecule has 0 aromatic heterocycles. The topological polar surface area (TPSA) is 41.6 Å². The third-order valence-electron chi connectivity index (χ3n) is 6.80. The number of para-hydroxylation sites is 1. The highest BCUT2D eigenvalue weighted by Crippen LogP contribution is 2.46. The van der Waals surface area contributed by atoms with Gasteiger partial charge in [0.1, 0.15) is 5.76 Å². The lowest BCUT2D eigenvalue weighted by Crippen LogP contribution is -2.36. The Hall–Kier alpha value is -3.01. The van der Waals surface area contributed by atoms with Crippen molar-refractivity contribution in [2.24, 2.45) is 0 Å². The first-order chi connectivity index (χ1) is 15.3. The summed E-state index contributed by atoms with van der Waals surface area (Å²) in [4.78, 5) is 13.6. The Kier molecular flexibility index (Phi) is 5.79. The van der Waals surface area contributed by atoms with Gasteiger partial charge < -0.3 is 15.0 Å². The molecule has 0 saturated carbocycles. The molecule has 1 aliphatic heterocycles. The largest absolute Gasteiger partial charge is 0.431 e. The number of benzene rings is 2. The summed E-state index contributed by atoms with van der Waals surface area (Å²) in [7, 11) is 0. The van der Waals surface area contributed by atoms with Crippen molar-refractivity contribution in [3.8, 4) is 0 Å². The maximum Gasteiger partial charge on any atom is 0.298 e. The SMILES string of the molecule is O=COC1=C(NC2C3=C(CCCC3)N(Cc3ccccc3)c3ccccc32)CCCC1. The van der Waals surface area contributed by atoms with Crippen LogP contribution in [0.5, 0.6) is 0 Å². The number of rotatable bonds is 6. The lowest BCUT2D eigenvalue weighted by molar-refractivity contribution is -0.125. The molecule has 0 saturated heterocycles. The zero-order chi connectivity index (χ0) is 21.0. The van der Waals surface area contributed by atoms with E-state index in [-0.39, 0.29) is 6.04 Å². The molecule has 31 heavy (non-hydrogen) atoms. The number of nitrogens with zero attached hydrogens (tertiary/aromatic N) is 1.